The molecule has 0 aromatic heterocycles. The normalized spacial score (nSPS) is 12.5. The number of methoxy groups -OCH3 is 1. The Morgan fingerprint density at radius 2 is 1.69 bits per heavy atom. The predicted octanol–water partition coefficient (Wildman–Crippen LogP) is 2.13. The maximum Gasteiger partial charge on any atom is 0.407 e. The molecule has 3 N–H and O–H groups in total. The van der Waals surface area contributed by atoms with Crippen molar-refractivity contribution in [3.05, 3.63) is 59.7 Å². The highest BCUT2D eigenvalue weighted by Gasteiger charge is 2.28. The first-order chi connectivity index (χ1) is 15.5. The van der Waals surface area contributed by atoms with Crippen LogP contribution in [0.15, 0.2) is 48.5 Å². The second-order valence-corrected chi connectivity index (χ2v) is 7.13. The summed E-state index contributed by atoms with van der Waals surface area (Å²) in [5.74, 6) is 2.76. The number of hydrogen-bond acceptors (Lipinski definition) is 5. The molecule has 0 saturated heterocycles. The number of hydrogen-bond donors (Lipinski definition) is 3. The Labute approximate surface area is 185 Å². The highest BCUT2D eigenvalue weighted by Crippen LogP contribution is 2.44. The fourth-order valence-corrected chi connectivity index (χ4v) is 3.58. The molecule has 0 bridgehead atoms. The fourth-order valence-electron chi connectivity index (χ4n) is 3.58. The van der Waals surface area contributed by atoms with Gasteiger partial charge < -0.3 is 25.2 Å². The molecule has 0 saturated carbocycles. The minimum absolute atomic E-state index is 0.0509. The molecule has 8 heteroatoms. The minimum atomic E-state index is -1.17. The van der Waals surface area contributed by atoms with Crippen LogP contribution in [0, 0.1) is 11.8 Å². The van der Waals surface area contributed by atoms with Gasteiger partial charge in [0.05, 0.1) is 6.54 Å². The summed E-state index contributed by atoms with van der Waals surface area (Å²) in [7, 11) is 1.44. The van der Waals surface area contributed by atoms with Crippen molar-refractivity contribution in [2.45, 2.75) is 18.4 Å². The fraction of sp³-hybridized carbons (Fsp3) is 0.292. The highest BCUT2D eigenvalue weighted by molar-refractivity contribution is 5.96. The number of carbonyl (C=O) groups excluding carboxylic acids is 2. The lowest BCUT2D eigenvalue weighted by molar-refractivity contribution is -0.141. The van der Waals surface area contributed by atoms with E-state index >= 15 is 0 Å². The Kier molecular flexibility index (Phi) is 7.84. The molecule has 3 rings (SSSR count). The van der Waals surface area contributed by atoms with Gasteiger partial charge in [0.2, 0.25) is 0 Å². The van der Waals surface area contributed by atoms with Gasteiger partial charge in [-0.25, -0.2) is 9.59 Å². The first kappa shape index (κ1) is 22.8. The van der Waals surface area contributed by atoms with Crippen LogP contribution in [-0.2, 0) is 19.1 Å². The van der Waals surface area contributed by atoms with E-state index in [4.69, 9.17) is 14.6 Å². The van der Waals surface area contributed by atoms with E-state index in [0.717, 1.165) is 22.3 Å². The number of benzene rings is 2. The average molecular weight is 436 g/mol. The molecular formula is C24H24N2O6. The van der Waals surface area contributed by atoms with Crippen LogP contribution in [0.4, 0.5) is 4.79 Å². The van der Waals surface area contributed by atoms with Crippen molar-refractivity contribution < 1.29 is 29.0 Å². The number of alkyl carbamates (subject to hydrolysis) is 1. The lowest BCUT2D eigenvalue weighted by atomic mass is 9.98. The Balaban J connectivity index is 1.48. The van der Waals surface area contributed by atoms with Crippen LogP contribution in [0.3, 0.4) is 0 Å². The number of nitrogens with one attached hydrogen (secondary N) is 2. The third kappa shape index (κ3) is 5.65. The zero-order valence-corrected chi connectivity index (χ0v) is 17.6. The molecule has 1 atom stereocenters. The third-order valence-corrected chi connectivity index (χ3v) is 5.08. The van der Waals surface area contributed by atoms with Gasteiger partial charge in [-0.05, 0) is 28.2 Å². The van der Waals surface area contributed by atoms with Gasteiger partial charge in [-0.15, -0.1) is 0 Å². The van der Waals surface area contributed by atoms with Gasteiger partial charge in [0.1, 0.15) is 12.6 Å². The first-order valence-electron chi connectivity index (χ1n) is 10.1. The number of fused-ring (bicyclic) bond motifs is 3. The SMILES string of the molecule is COCCC(NC(=O)C#CCNC(=O)OCC1c2ccccc2-c2ccccc21)C(=O)O. The van der Waals surface area contributed by atoms with Gasteiger partial charge in [0.15, 0.2) is 0 Å². The summed E-state index contributed by atoms with van der Waals surface area (Å²) in [6.07, 6.45) is -0.526. The van der Waals surface area contributed by atoms with Crippen molar-refractivity contribution in [3.63, 3.8) is 0 Å². The molecule has 8 nitrogen and oxygen atoms in total. The van der Waals surface area contributed by atoms with Crippen LogP contribution < -0.4 is 10.6 Å². The Hall–Kier alpha value is -3.83. The van der Waals surface area contributed by atoms with E-state index in [1.54, 1.807) is 0 Å². The van der Waals surface area contributed by atoms with Crippen LogP contribution in [0.25, 0.3) is 11.1 Å². The van der Waals surface area contributed by atoms with Crippen molar-refractivity contribution in [3.8, 4) is 23.0 Å². The van der Waals surface area contributed by atoms with E-state index in [2.05, 4.69) is 34.6 Å². The van der Waals surface area contributed by atoms with Gasteiger partial charge in [0.25, 0.3) is 5.91 Å². The lowest BCUT2D eigenvalue weighted by Crippen LogP contribution is -2.41. The topological polar surface area (TPSA) is 114 Å². The molecule has 0 fully saturated rings. The van der Waals surface area contributed by atoms with E-state index in [-0.39, 0.29) is 32.1 Å². The first-order valence-corrected chi connectivity index (χ1v) is 10.1. The standard InChI is InChI=1S/C24H24N2O6/c1-31-14-12-21(23(28)29)26-22(27)11-6-13-25-24(30)32-15-20-18-9-4-2-7-16(18)17-8-3-5-10-19(17)20/h2-5,7-10,20-21H,12-15H2,1H3,(H,25,30)(H,26,27)(H,28,29). The zero-order chi connectivity index (χ0) is 22.9. The zero-order valence-electron chi connectivity index (χ0n) is 17.6. The summed E-state index contributed by atoms with van der Waals surface area (Å²) < 4.78 is 10.2. The predicted molar refractivity (Wildman–Crippen MR) is 117 cm³/mol. The van der Waals surface area contributed by atoms with Crippen molar-refractivity contribution in [1.29, 1.82) is 0 Å². The molecule has 0 heterocycles. The van der Waals surface area contributed by atoms with Crippen molar-refractivity contribution in [2.75, 3.05) is 26.9 Å². The van der Waals surface area contributed by atoms with Crippen molar-refractivity contribution >= 4 is 18.0 Å². The van der Waals surface area contributed by atoms with E-state index in [1.807, 2.05) is 36.4 Å². The summed E-state index contributed by atoms with van der Waals surface area (Å²) in [5, 5.41) is 13.8. The van der Waals surface area contributed by atoms with Crippen LogP contribution in [0.2, 0.25) is 0 Å². The average Bonchev–Trinajstić information content (AvgIpc) is 3.11. The van der Waals surface area contributed by atoms with Gasteiger partial charge in [0, 0.05) is 26.1 Å². The number of ether oxygens (including phenoxy) is 2. The van der Waals surface area contributed by atoms with Gasteiger partial charge in [-0.3, -0.25) is 4.79 Å². The van der Waals surface area contributed by atoms with E-state index < -0.39 is 24.0 Å². The third-order valence-electron chi connectivity index (χ3n) is 5.08. The second kappa shape index (κ2) is 11.0. The van der Waals surface area contributed by atoms with Crippen LogP contribution in [-0.4, -0.2) is 56.0 Å². The van der Waals surface area contributed by atoms with Crippen LogP contribution >= 0.6 is 0 Å². The van der Waals surface area contributed by atoms with Crippen molar-refractivity contribution in [2.24, 2.45) is 0 Å². The largest absolute Gasteiger partial charge is 0.480 e. The molecule has 1 aliphatic rings. The molecule has 32 heavy (non-hydrogen) atoms. The maximum absolute atomic E-state index is 12.1. The van der Waals surface area contributed by atoms with Gasteiger partial charge in [-0.1, -0.05) is 54.5 Å². The number of rotatable bonds is 8. The van der Waals surface area contributed by atoms with Crippen LogP contribution in [0.5, 0.6) is 0 Å². The Morgan fingerprint density at radius 1 is 1.06 bits per heavy atom. The minimum Gasteiger partial charge on any atom is -0.480 e. The monoisotopic (exact) mass is 436 g/mol. The molecule has 0 aliphatic heterocycles. The summed E-state index contributed by atoms with van der Waals surface area (Å²) >= 11 is 0. The maximum atomic E-state index is 12.1. The molecule has 1 unspecified atom stereocenters. The summed E-state index contributed by atoms with van der Waals surface area (Å²) in [6.45, 7) is 0.251. The molecule has 1 aliphatic carbocycles. The second-order valence-electron chi connectivity index (χ2n) is 7.13. The van der Waals surface area contributed by atoms with Gasteiger partial charge >= 0.3 is 12.1 Å². The van der Waals surface area contributed by atoms with Crippen LogP contribution in [0.1, 0.15) is 23.5 Å². The summed E-state index contributed by atoms with van der Waals surface area (Å²) in [5.41, 5.74) is 4.50. The molecular weight excluding hydrogens is 412 g/mol. The molecule has 0 spiro atoms. The number of amides is 2. The van der Waals surface area contributed by atoms with Crippen molar-refractivity contribution in [1.82, 2.24) is 10.6 Å². The summed E-state index contributed by atoms with van der Waals surface area (Å²) in [4.78, 5) is 34.9. The number of carboxylic acids is 1. The van der Waals surface area contributed by atoms with E-state index in [9.17, 15) is 14.4 Å². The Morgan fingerprint density at radius 3 is 2.28 bits per heavy atom. The number of carbonyl (C=O) groups is 3. The molecule has 0 radical (unpaired) electrons. The quantitative estimate of drug-likeness (QED) is 0.547. The highest BCUT2D eigenvalue weighted by atomic mass is 16.5. The van der Waals surface area contributed by atoms with E-state index in [0.29, 0.717) is 0 Å². The van der Waals surface area contributed by atoms with E-state index in [1.165, 1.54) is 7.11 Å². The number of aliphatic carboxylic acids is 1. The molecule has 166 valence electrons. The molecule has 2 amide bonds. The number of carboxylic acid groups (broad SMARTS) is 1. The lowest BCUT2D eigenvalue weighted by Gasteiger charge is -2.14. The smallest absolute Gasteiger partial charge is 0.407 e. The summed E-state index contributed by atoms with van der Waals surface area (Å²) in [6, 6.07) is 15.0. The molecule has 2 aromatic carbocycles. The van der Waals surface area contributed by atoms with Gasteiger partial charge in [-0.2, -0.15) is 0 Å². The molecule has 2 aromatic rings. The Bertz CT molecular complexity index is 1010.